The van der Waals surface area contributed by atoms with E-state index in [0.717, 1.165) is 37.1 Å². The molecule has 0 atom stereocenters. The molecule has 0 saturated heterocycles. The Labute approximate surface area is 142 Å². The second-order valence-electron chi connectivity index (χ2n) is 6.12. The molecule has 1 aromatic heterocycles. The number of para-hydroxylation sites is 1. The summed E-state index contributed by atoms with van der Waals surface area (Å²) in [4.78, 5) is 12.4. The Kier molecular flexibility index (Phi) is 5.12. The van der Waals surface area contributed by atoms with Gasteiger partial charge in [-0.3, -0.25) is 4.79 Å². The Morgan fingerprint density at radius 3 is 2.58 bits per heavy atom. The first-order chi connectivity index (χ1) is 11.8. The SMILES string of the molecule is N#C/C(=C\c1cccn1-c1ccccc1)C(=O)NC1CCCCC1. The summed E-state index contributed by atoms with van der Waals surface area (Å²) in [5.74, 6) is -0.273. The average Bonchev–Trinajstić information content (AvgIpc) is 3.09. The van der Waals surface area contributed by atoms with Crippen LogP contribution >= 0.6 is 0 Å². The number of amides is 1. The van der Waals surface area contributed by atoms with Crippen molar-refractivity contribution < 1.29 is 4.79 Å². The maximum absolute atomic E-state index is 12.4. The molecule has 1 aromatic carbocycles. The average molecular weight is 319 g/mol. The van der Waals surface area contributed by atoms with Crippen LogP contribution in [0.1, 0.15) is 37.8 Å². The molecule has 1 saturated carbocycles. The van der Waals surface area contributed by atoms with Gasteiger partial charge in [-0.1, -0.05) is 37.5 Å². The number of nitriles is 1. The maximum Gasteiger partial charge on any atom is 0.262 e. The molecule has 1 amide bonds. The molecule has 1 aliphatic rings. The number of nitrogens with zero attached hydrogens (tertiary/aromatic N) is 2. The van der Waals surface area contributed by atoms with Crippen LogP contribution in [0.4, 0.5) is 0 Å². The van der Waals surface area contributed by atoms with Crippen LogP contribution in [0, 0.1) is 11.3 Å². The Morgan fingerprint density at radius 2 is 1.88 bits per heavy atom. The van der Waals surface area contributed by atoms with Crippen LogP contribution in [0.3, 0.4) is 0 Å². The van der Waals surface area contributed by atoms with Gasteiger partial charge in [-0.15, -0.1) is 0 Å². The predicted octanol–water partition coefficient (Wildman–Crippen LogP) is 3.83. The number of rotatable bonds is 4. The first kappa shape index (κ1) is 16.1. The van der Waals surface area contributed by atoms with Crippen LogP contribution in [0.15, 0.2) is 54.2 Å². The molecular weight excluding hydrogens is 298 g/mol. The first-order valence-electron chi connectivity index (χ1n) is 8.43. The van der Waals surface area contributed by atoms with Crippen molar-refractivity contribution in [2.75, 3.05) is 0 Å². The summed E-state index contributed by atoms with van der Waals surface area (Å²) >= 11 is 0. The van der Waals surface area contributed by atoms with E-state index in [4.69, 9.17) is 0 Å². The molecule has 0 spiro atoms. The molecule has 0 radical (unpaired) electrons. The molecule has 0 unspecified atom stereocenters. The molecule has 1 aliphatic carbocycles. The van der Waals surface area contributed by atoms with Crippen molar-refractivity contribution in [3.63, 3.8) is 0 Å². The van der Waals surface area contributed by atoms with Crippen molar-refractivity contribution in [3.05, 3.63) is 59.9 Å². The van der Waals surface area contributed by atoms with Gasteiger partial charge in [-0.05, 0) is 43.2 Å². The number of hydrogen-bond acceptors (Lipinski definition) is 2. The molecular formula is C20H21N3O. The predicted molar refractivity (Wildman–Crippen MR) is 94.4 cm³/mol. The second kappa shape index (κ2) is 7.65. The van der Waals surface area contributed by atoms with E-state index in [1.54, 1.807) is 6.08 Å². The van der Waals surface area contributed by atoms with E-state index in [-0.39, 0.29) is 17.5 Å². The number of carbonyl (C=O) groups excluding carboxylic acids is 1. The topological polar surface area (TPSA) is 57.8 Å². The fourth-order valence-corrected chi connectivity index (χ4v) is 3.14. The van der Waals surface area contributed by atoms with E-state index in [1.807, 2.05) is 59.3 Å². The molecule has 2 aromatic rings. The fraction of sp³-hybridized carbons (Fsp3) is 0.300. The van der Waals surface area contributed by atoms with Crippen LogP contribution in [0.2, 0.25) is 0 Å². The highest BCUT2D eigenvalue weighted by Crippen LogP contribution is 2.19. The Morgan fingerprint density at radius 1 is 1.12 bits per heavy atom. The van der Waals surface area contributed by atoms with Crippen LogP contribution < -0.4 is 5.32 Å². The van der Waals surface area contributed by atoms with Crippen molar-refractivity contribution >= 4 is 12.0 Å². The molecule has 0 aliphatic heterocycles. The molecule has 1 N–H and O–H groups in total. The van der Waals surface area contributed by atoms with Crippen molar-refractivity contribution in [2.24, 2.45) is 0 Å². The Balaban J connectivity index is 1.80. The summed E-state index contributed by atoms with van der Waals surface area (Å²) in [7, 11) is 0. The smallest absolute Gasteiger partial charge is 0.262 e. The summed E-state index contributed by atoms with van der Waals surface area (Å²) in [6.45, 7) is 0. The third kappa shape index (κ3) is 3.75. The number of hydrogen-bond donors (Lipinski definition) is 1. The molecule has 4 nitrogen and oxygen atoms in total. The normalized spacial score (nSPS) is 15.7. The van der Waals surface area contributed by atoms with Crippen LogP contribution in [-0.2, 0) is 4.79 Å². The van der Waals surface area contributed by atoms with Gasteiger partial charge in [0.15, 0.2) is 0 Å². The van der Waals surface area contributed by atoms with Gasteiger partial charge in [0, 0.05) is 23.6 Å². The van der Waals surface area contributed by atoms with Crippen LogP contribution in [-0.4, -0.2) is 16.5 Å². The van der Waals surface area contributed by atoms with E-state index in [0.29, 0.717) is 0 Å². The molecule has 24 heavy (non-hydrogen) atoms. The number of nitrogens with one attached hydrogen (secondary N) is 1. The summed E-state index contributed by atoms with van der Waals surface area (Å²) in [6.07, 6.45) is 9.12. The van der Waals surface area contributed by atoms with E-state index in [1.165, 1.54) is 6.42 Å². The summed E-state index contributed by atoms with van der Waals surface area (Å²) in [5, 5.41) is 12.4. The lowest BCUT2D eigenvalue weighted by molar-refractivity contribution is -0.117. The summed E-state index contributed by atoms with van der Waals surface area (Å²) in [5.41, 5.74) is 1.96. The molecule has 0 bridgehead atoms. The van der Waals surface area contributed by atoms with E-state index in [9.17, 15) is 10.1 Å². The van der Waals surface area contributed by atoms with Gasteiger partial charge >= 0.3 is 0 Å². The molecule has 122 valence electrons. The van der Waals surface area contributed by atoms with Crippen LogP contribution in [0.25, 0.3) is 11.8 Å². The van der Waals surface area contributed by atoms with Gasteiger partial charge < -0.3 is 9.88 Å². The van der Waals surface area contributed by atoms with Crippen molar-refractivity contribution in [3.8, 4) is 11.8 Å². The third-order valence-corrected chi connectivity index (χ3v) is 4.41. The van der Waals surface area contributed by atoms with E-state index < -0.39 is 0 Å². The largest absolute Gasteiger partial charge is 0.349 e. The minimum absolute atomic E-state index is 0.149. The van der Waals surface area contributed by atoms with Gasteiger partial charge in [0.05, 0.1) is 0 Å². The minimum atomic E-state index is -0.273. The number of aromatic nitrogens is 1. The van der Waals surface area contributed by atoms with Crippen molar-refractivity contribution in [1.82, 2.24) is 9.88 Å². The monoisotopic (exact) mass is 319 g/mol. The standard InChI is InChI=1S/C20H21N3O/c21-15-16(20(24)22-17-8-3-1-4-9-17)14-19-12-7-13-23(19)18-10-5-2-6-11-18/h2,5-7,10-14,17H,1,3-4,8-9H2,(H,22,24)/b16-14+. The summed E-state index contributed by atoms with van der Waals surface area (Å²) in [6, 6.07) is 15.9. The fourth-order valence-electron chi connectivity index (χ4n) is 3.14. The second-order valence-corrected chi connectivity index (χ2v) is 6.12. The molecule has 4 heteroatoms. The first-order valence-corrected chi connectivity index (χ1v) is 8.43. The Hall–Kier alpha value is -2.80. The van der Waals surface area contributed by atoms with Crippen LogP contribution in [0.5, 0.6) is 0 Å². The minimum Gasteiger partial charge on any atom is -0.349 e. The highest BCUT2D eigenvalue weighted by atomic mass is 16.1. The van der Waals surface area contributed by atoms with Gasteiger partial charge in [-0.2, -0.15) is 5.26 Å². The van der Waals surface area contributed by atoms with Gasteiger partial charge in [0.25, 0.3) is 5.91 Å². The third-order valence-electron chi connectivity index (χ3n) is 4.41. The lowest BCUT2D eigenvalue weighted by Gasteiger charge is -2.22. The van der Waals surface area contributed by atoms with E-state index >= 15 is 0 Å². The zero-order valence-corrected chi connectivity index (χ0v) is 13.6. The van der Waals surface area contributed by atoms with Crippen molar-refractivity contribution in [2.45, 2.75) is 38.1 Å². The van der Waals surface area contributed by atoms with Gasteiger partial charge in [-0.25, -0.2) is 0 Å². The zero-order chi connectivity index (χ0) is 16.8. The summed E-state index contributed by atoms with van der Waals surface area (Å²) < 4.78 is 1.96. The Bertz CT molecular complexity index is 762. The zero-order valence-electron chi connectivity index (χ0n) is 13.6. The highest BCUT2D eigenvalue weighted by Gasteiger charge is 2.18. The van der Waals surface area contributed by atoms with Gasteiger partial charge in [0.2, 0.25) is 0 Å². The quantitative estimate of drug-likeness (QED) is 0.687. The lowest BCUT2D eigenvalue weighted by Crippen LogP contribution is -2.36. The molecule has 1 heterocycles. The molecule has 1 fully saturated rings. The highest BCUT2D eigenvalue weighted by molar-refractivity contribution is 6.01. The number of benzene rings is 1. The lowest BCUT2D eigenvalue weighted by atomic mass is 9.95. The van der Waals surface area contributed by atoms with Gasteiger partial charge in [0.1, 0.15) is 11.6 Å². The number of carbonyl (C=O) groups is 1. The maximum atomic E-state index is 12.4. The van der Waals surface area contributed by atoms with Crippen molar-refractivity contribution in [1.29, 1.82) is 5.26 Å². The van der Waals surface area contributed by atoms with E-state index in [2.05, 4.69) is 5.32 Å². The molecule has 3 rings (SSSR count).